The van der Waals surface area contributed by atoms with Crippen molar-refractivity contribution in [3.8, 4) is 0 Å². The molecule has 7 heteroatoms. The Labute approximate surface area is 173 Å². The minimum absolute atomic E-state index is 0.252. The van der Waals surface area contributed by atoms with Gasteiger partial charge in [0.1, 0.15) is 6.04 Å². The molecule has 150 valence electrons. The summed E-state index contributed by atoms with van der Waals surface area (Å²) >= 11 is 6.03. The standard InChI is InChI=1S/C22H20ClNO5/c1-28-22(27)19-12-16-7-2-3-8-17(16)13-24(19)20(25)14-29-21(26)11-10-15-6-4-5-9-18(15)23/h2-11,19H,12-14H2,1H3/b11-10+/t19-/m0/s1. The average Bonchev–Trinajstić information content (AvgIpc) is 2.75. The van der Waals surface area contributed by atoms with E-state index in [1.807, 2.05) is 24.3 Å². The molecular formula is C22H20ClNO5. The lowest BCUT2D eigenvalue weighted by Crippen LogP contribution is -2.50. The van der Waals surface area contributed by atoms with Gasteiger partial charge in [0.25, 0.3) is 5.91 Å². The number of ether oxygens (including phenoxy) is 2. The summed E-state index contributed by atoms with van der Waals surface area (Å²) in [5.74, 6) is -1.64. The van der Waals surface area contributed by atoms with E-state index in [2.05, 4.69) is 0 Å². The molecule has 1 heterocycles. The number of halogens is 1. The lowest BCUT2D eigenvalue weighted by atomic mass is 9.94. The average molecular weight is 414 g/mol. The van der Waals surface area contributed by atoms with Crippen molar-refractivity contribution < 1.29 is 23.9 Å². The smallest absolute Gasteiger partial charge is 0.331 e. The minimum Gasteiger partial charge on any atom is -0.467 e. The van der Waals surface area contributed by atoms with Gasteiger partial charge in [-0.3, -0.25) is 4.79 Å². The number of carbonyl (C=O) groups is 3. The van der Waals surface area contributed by atoms with Crippen molar-refractivity contribution in [2.75, 3.05) is 13.7 Å². The number of hydrogen-bond donors (Lipinski definition) is 0. The van der Waals surface area contributed by atoms with Crippen LogP contribution in [0.5, 0.6) is 0 Å². The van der Waals surface area contributed by atoms with E-state index in [1.54, 1.807) is 24.3 Å². The molecule has 0 fully saturated rings. The lowest BCUT2D eigenvalue weighted by Gasteiger charge is -2.35. The largest absolute Gasteiger partial charge is 0.467 e. The molecule has 0 saturated heterocycles. The highest BCUT2D eigenvalue weighted by molar-refractivity contribution is 6.32. The molecular weight excluding hydrogens is 394 g/mol. The van der Waals surface area contributed by atoms with Gasteiger partial charge >= 0.3 is 11.9 Å². The third kappa shape index (κ3) is 5.03. The van der Waals surface area contributed by atoms with Gasteiger partial charge in [0.2, 0.25) is 0 Å². The van der Waals surface area contributed by atoms with Crippen LogP contribution in [-0.4, -0.2) is 42.5 Å². The van der Waals surface area contributed by atoms with Crippen LogP contribution in [-0.2, 0) is 36.8 Å². The fourth-order valence-electron chi connectivity index (χ4n) is 3.16. The van der Waals surface area contributed by atoms with E-state index in [4.69, 9.17) is 21.1 Å². The van der Waals surface area contributed by atoms with Crippen molar-refractivity contribution in [2.24, 2.45) is 0 Å². The van der Waals surface area contributed by atoms with Gasteiger partial charge < -0.3 is 14.4 Å². The number of amides is 1. The van der Waals surface area contributed by atoms with Crippen molar-refractivity contribution >= 4 is 35.5 Å². The summed E-state index contributed by atoms with van der Waals surface area (Å²) in [7, 11) is 1.28. The van der Waals surface area contributed by atoms with Gasteiger partial charge in [0.15, 0.2) is 6.61 Å². The molecule has 1 aliphatic heterocycles. The van der Waals surface area contributed by atoms with Crippen molar-refractivity contribution in [3.05, 3.63) is 76.3 Å². The molecule has 2 aromatic carbocycles. The summed E-state index contributed by atoms with van der Waals surface area (Å²) in [4.78, 5) is 38.2. The van der Waals surface area contributed by atoms with Gasteiger partial charge in [0.05, 0.1) is 7.11 Å². The molecule has 0 saturated carbocycles. The maximum absolute atomic E-state index is 12.7. The number of methoxy groups -OCH3 is 1. The van der Waals surface area contributed by atoms with Gasteiger partial charge in [-0.25, -0.2) is 9.59 Å². The van der Waals surface area contributed by atoms with E-state index in [0.29, 0.717) is 17.0 Å². The molecule has 0 N–H and O–H groups in total. The van der Waals surface area contributed by atoms with Crippen molar-refractivity contribution in [1.82, 2.24) is 4.90 Å². The second kappa shape index (κ2) is 9.39. The summed E-state index contributed by atoms with van der Waals surface area (Å²) in [5, 5.41) is 0.500. The molecule has 0 spiro atoms. The number of hydrogen-bond acceptors (Lipinski definition) is 5. The maximum atomic E-state index is 12.7. The van der Waals surface area contributed by atoms with Crippen molar-refractivity contribution in [3.63, 3.8) is 0 Å². The first-order chi connectivity index (χ1) is 14.0. The number of benzene rings is 2. The minimum atomic E-state index is -0.750. The normalized spacial score (nSPS) is 15.7. The first-order valence-corrected chi connectivity index (χ1v) is 9.41. The Bertz CT molecular complexity index is 956. The van der Waals surface area contributed by atoms with Gasteiger partial charge in [-0.05, 0) is 28.8 Å². The van der Waals surface area contributed by atoms with Gasteiger partial charge in [-0.2, -0.15) is 0 Å². The molecule has 0 aliphatic carbocycles. The second-order valence-electron chi connectivity index (χ2n) is 6.50. The van der Waals surface area contributed by atoms with Crippen LogP contribution >= 0.6 is 11.6 Å². The Kier molecular flexibility index (Phi) is 6.67. The Morgan fingerprint density at radius 3 is 2.52 bits per heavy atom. The zero-order valence-corrected chi connectivity index (χ0v) is 16.6. The van der Waals surface area contributed by atoms with E-state index in [0.717, 1.165) is 11.1 Å². The summed E-state index contributed by atoms with van der Waals surface area (Å²) in [6, 6.07) is 13.9. The number of esters is 2. The predicted molar refractivity (Wildman–Crippen MR) is 108 cm³/mol. The predicted octanol–water partition coefficient (Wildman–Crippen LogP) is 3.02. The van der Waals surface area contributed by atoms with E-state index in [9.17, 15) is 14.4 Å². The Morgan fingerprint density at radius 1 is 1.10 bits per heavy atom. The quantitative estimate of drug-likeness (QED) is 0.556. The molecule has 29 heavy (non-hydrogen) atoms. The van der Waals surface area contributed by atoms with Crippen molar-refractivity contribution in [1.29, 1.82) is 0 Å². The first-order valence-electron chi connectivity index (χ1n) is 9.03. The summed E-state index contributed by atoms with van der Waals surface area (Å²) < 4.78 is 9.90. The Morgan fingerprint density at radius 2 is 1.79 bits per heavy atom. The Balaban J connectivity index is 1.64. The van der Waals surface area contributed by atoms with Gasteiger partial charge in [-0.1, -0.05) is 54.1 Å². The molecule has 0 aromatic heterocycles. The second-order valence-corrected chi connectivity index (χ2v) is 6.90. The highest BCUT2D eigenvalue weighted by Crippen LogP contribution is 2.24. The molecule has 0 unspecified atom stereocenters. The third-order valence-electron chi connectivity index (χ3n) is 4.68. The molecule has 1 atom stereocenters. The molecule has 2 aromatic rings. The molecule has 1 aliphatic rings. The molecule has 6 nitrogen and oxygen atoms in total. The highest BCUT2D eigenvalue weighted by atomic mass is 35.5. The fourth-order valence-corrected chi connectivity index (χ4v) is 3.36. The van der Waals surface area contributed by atoms with Crippen LogP contribution in [0, 0.1) is 0 Å². The number of rotatable bonds is 5. The Hall–Kier alpha value is -3.12. The van der Waals surface area contributed by atoms with Crippen molar-refractivity contribution in [2.45, 2.75) is 19.0 Å². The van der Waals surface area contributed by atoms with Gasteiger partial charge in [-0.15, -0.1) is 0 Å². The van der Waals surface area contributed by atoms with Crippen LogP contribution < -0.4 is 0 Å². The van der Waals surface area contributed by atoms with E-state index < -0.39 is 30.5 Å². The van der Waals surface area contributed by atoms with Crippen LogP contribution in [0.2, 0.25) is 5.02 Å². The molecule has 3 rings (SSSR count). The van der Waals surface area contributed by atoms with Gasteiger partial charge in [0, 0.05) is 24.1 Å². The number of fused-ring (bicyclic) bond motifs is 1. The van der Waals surface area contributed by atoms with Crippen LogP contribution in [0.15, 0.2) is 54.6 Å². The molecule has 0 bridgehead atoms. The van der Waals surface area contributed by atoms with Crippen LogP contribution in [0.3, 0.4) is 0 Å². The van der Waals surface area contributed by atoms with Crippen LogP contribution in [0.4, 0.5) is 0 Å². The third-order valence-corrected chi connectivity index (χ3v) is 5.03. The lowest BCUT2D eigenvalue weighted by molar-refractivity contribution is -0.158. The zero-order chi connectivity index (χ0) is 20.8. The molecule has 0 radical (unpaired) electrons. The van der Waals surface area contributed by atoms with E-state index in [-0.39, 0.29) is 6.54 Å². The summed E-state index contributed by atoms with van der Waals surface area (Å²) in [5.41, 5.74) is 2.60. The highest BCUT2D eigenvalue weighted by Gasteiger charge is 2.35. The summed E-state index contributed by atoms with van der Waals surface area (Å²) in [6.07, 6.45) is 3.08. The van der Waals surface area contributed by atoms with E-state index in [1.165, 1.54) is 24.2 Å². The van der Waals surface area contributed by atoms with E-state index >= 15 is 0 Å². The van der Waals surface area contributed by atoms with Crippen LogP contribution in [0.25, 0.3) is 6.08 Å². The first kappa shape index (κ1) is 20.6. The monoisotopic (exact) mass is 413 g/mol. The van der Waals surface area contributed by atoms with Crippen LogP contribution in [0.1, 0.15) is 16.7 Å². The summed E-state index contributed by atoms with van der Waals surface area (Å²) in [6.45, 7) is -0.219. The topological polar surface area (TPSA) is 72.9 Å². The number of carbonyl (C=O) groups excluding carboxylic acids is 3. The maximum Gasteiger partial charge on any atom is 0.331 e. The fraction of sp³-hybridized carbons (Fsp3) is 0.227. The number of nitrogens with zero attached hydrogens (tertiary/aromatic N) is 1. The SMILES string of the molecule is COC(=O)[C@@H]1Cc2ccccc2CN1C(=O)COC(=O)/C=C/c1ccccc1Cl. The molecule has 1 amide bonds. The zero-order valence-electron chi connectivity index (χ0n) is 15.8.